The maximum Gasteiger partial charge on any atom is 0.248 e. The van der Waals surface area contributed by atoms with E-state index in [0.29, 0.717) is 17.1 Å². The van der Waals surface area contributed by atoms with Gasteiger partial charge in [0.25, 0.3) is 0 Å². The number of amides is 1. The maximum atomic E-state index is 11.7. The molecule has 4 rings (SSSR count). The minimum Gasteiger partial charge on any atom is -0.482 e. The molecule has 0 radical (unpaired) electrons. The second-order valence-electron chi connectivity index (χ2n) is 6.56. The molecule has 0 aliphatic carbocycles. The molecule has 29 heavy (non-hydrogen) atoms. The van der Waals surface area contributed by atoms with Crippen LogP contribution in [-0.4, -0.2) is 20.7 Å². The third kappa shape index (κ3) is 3.79. The van der Waals surface area contributed by atoms with Gasteiger partial charge >= 0.3 is 0 Å². The Hall–Kier alpha value is -3.39. The molecule has 0 fully saturated rings. The molecule has 0 aliphatic heterocycles. The normalized spacial score (nSPS) is 12.1. The predicted octanol–water partition coefficient (Wildman–Crippen LogP) is 4.00. The number of primary amides is 1. The van der Waals surface area contributed by atoms with E-state index in [1.165, 1.54) is 0 Å². The zero-order valence-corrected chi connectivity index (χ0v) is 17.1. The third-order valence-corrected chi connectivity index (χ3v) is 5.07. The summed E-state index contributed by atoms with van der Waals surface area (Å²) in [6.45, 7) is 1.87. The van der Waals surface area contributed by atoms with E-state index in [0.717, 1.165) is 26.6 Å². The summed E-state index contributed by atoms with van der Waals surface area (Å²) >= 11 is 3.46. The van der Waals surface area contributed by atoms with Crippen molar-refractivity contribution in [2.24, 2.45) is 5.73 Å². The number of carbonyl (C=O) groups is 1. The van der Waals surface area contributed by atoms with Gasteiger partial charge in [0.2, 0.25) is 5.91 Å². The molecule has 0 spiro atoms. The monoisotopic (exact) mass is 451 g/mol. The van der Waals surface area contributed by atoms with Crippen molar-refractivity contribution in [3.8, 4) is 11.4 Å². The molecule has 2 aromatic carbocycles. The minimum atomic E-state index is -0.512. The quantitative estimate of drug-likeness (QED) is 0.476. The van der Waals surface area contributed by atoms with Crippen molar-refractivity contribution in [3.05, 3.63) is 76.5 Å². The van der Waals surface area contributed by atoms with E-state index in [2.05, 4.69) is 26.0 Å². The van der Waals surface area contributed by atoms with Gasteiger partial charge in [-0.1, -0.05) is 15.9 Å². The molecule has 0 saturated heterocycles. The lowest BCUT2D eigenvalue weighted by molar-refractivity contribution is 0.1000. The highest BCUT2D eigenvalue weighted by molar-refractivity contribution is 9.10. The van der Waals surface area contributed by atoms with Crippen LogP contribution in [0, 0.1) is 0 Å². The molecule has 8 heteroatoms. The molecular weight excluding hydrogens is 434 g/mol. The lowest BCUT2D eigenvalue weighted by atomic mass is 10.0. The van der Waals surface area contributed by atoms with Crippen molar-refractivity contribution >= 4 is 38.6 Å². The zero-order chi connectivity index (χ0) is 20.5. The van der Waals surface area contributed by atoms with Gasteiger partial charge in [-0.15, -0.1) is 0 Å². The summed E-state index contributed by atoms with van der Waals surface area (Å²) < 4.78 is 8.80. The van der Waals surface area contributed by atoms with Crippen LogP contribution < -0.4 is 16.2 Å². The van der Waals surface area contributed by atoms with Gasteiger partial charge in [0.15, 0.2) is 11.6 Å². The fourth-order valence-electron chi connectivity index (χ4n) is 3.14. The average molecular weight is 452 g/mol. The van der Waals surface area contributed by atoms with Gasteiger partial charge in [0.05, 0.1) is 11.2 Å². The number of hydrogen-bond acceptors (Lipinski definition) is 5. The van der Waals surface area contributed by atoms with Gasteiger partial charge in [-0.3, -0.25) is 4.79 Å². The number of nitrogens with zero attached hydrogens (tertiary/aromatic N) is 3. The van der Waals surface area contributed by atoms with Gasteiger partial charge in [-0.2, -0.15) is 5.10 Å². The first-order valence-electron chi connectivity index (χ1n) is 8.88. The number of fused-ring (bicyclic) bond motifs is 1. The Morgan fingerprint density at radius 3 is 2.76 bits per heavy atom. The standard InChI is InChI=1S/C21H18BrN5O2/c1-12(29-19-11-14-9-15(22)4-5-17(14)26-20(19)23)16-10-13(21(24)28)3-6-18(16)27-8-2-7-25-27/h2-12H,1H3,(H2,23,26)(H2,24,28). The van der Waals surface area contributed by atoms with Crippen molar-refractivity contribution in [1.29, 1.82) is 0 Å². The van der Waals surface area contributed by atoms with Crippen molar-refractivity contribution in [1.82, 2.24) is 14.8 Å². The molecule has 0 saturated carbocycles. The molecule has 1 unspecified atom stereocenters. The van der Waals surface area contributed by atoms with Crippen LogP contribution in [0.15, 0.2) is 65.4 Å². The van der Waals surface area contributed by atoms with Crippen molar-refractivity contribution in [3.63, 3.8) is 0 Å². The molecular formula is C21H18BrN5O2. The minimum absolute atomic E-state index is 0.290. The summed E-state index contributed by atoms with van der Waals surface area (Å²) in [6.07, 6.45) is 3.06. The first kappa shape index (κ1) is 18.9. The molecule has 4 aromatic rings. The Balaban J connectivity index is 1.75. The maximum absolute atomic E-state index is 11.7. The van der Waals surface area contributed by atoms with Crippen LogP contribution in [0.25, 0.3) is 16.6 Å². The number of anilines is 1. The summed E-state index contributed by atoms with van der Waals surface area (Å²) in [5.41, 5.74) is 14.3. The second-order valence-corrected chi connectivity index (χ2v) is 7.47. The number of carbonyl (C=O) groups excluding carboxylic acids is 1. The highest BCUT2D eigenvalue weighted by Gasteiger charge is 2.18. The second kappa shape index (κ2) is 7.56. The van der Waals surface area contributed by atoms with E-state index in [1.54, 1.807) is 29.1 Å². The molecule has 146 valence electrons. The highest BCUT2D eigenvalue weighted by atomic mass is 79.9. The van der Waals surface area contributed by atoms with Crippen LogP contribution in [0.5, 0.6) is 5.75 Å². The van der Waals surface area contributed by atoms with E-state index >= 15 is 0 Å². The van der Waals surface area contributed by atoms with E-state index in [9.17, 15) is 4.79 Å². The predicted molar refractivity (Wildman–Crippen MR) is 115 cm³/mol. The Labute approximate surface area is 175 Å². The lowest BCUT2D eigenvalue weighted by Gasteiger charge is -2.20. The van der Waals surface area contributed by atoms with Crippen LogP contribution in [0.4, 0.5) is 5.82 Å². The zero-order valence-electron chi connectivity index (χ0n) is 15.5. The van der Waals surface area contributed by atoms with Gasteiger partial charge < -0.3 is 16.2 Å². The first-order valence-corrected chi connectivity index (χ1v) is 9.68. The van der Waals surface area contributed by atoms with Crippen molar-refractivity contribution in [2.75, 3.05) is 5.73 Å². The summed E-state index contributed by atoms with van der Waals surface area (Å²) in [5.74, 6) is 0.236. The molecule has 0 bridgehead atoms. The van der Waals surface area contributed by atoms with Gasteiger partial charge in [-0.05, 0) is 55.5 Å². The molecule has 0 aliphatic rings. The van der Waals surface area contributed by atoms with Gasteiger partial charge in [0.1, 0.15) is 6.10 Å². The van der Waals surface area contributed by atoms with Crippen molar-refractivity contribution in [2.45, 2.75) is 13.0 Å². The summed E-state index contributed by atoms with van der Waals surface area (Å²) in [4.78, 5) is 16.1. The van der Waals surface area contributed by atoms with Gasteiger partial charge in [-0.25, -0.2) is 9.67 Å². The fraction of sp³-hybridized carbons (Fsp3) is 0.0952. The molecule has 7 nitrogen and oxygen atoms in total. The topological polar surface area (TPSA) is 109 Å². The number of halogens is 1. The smallest absolute Gasteiger partial charge is 0.248 e. The Kier molecular flexibility index (Phi) is 4.94. The molecule has 2 heterocycles. The van der Waals surface area contributed by atoms with E-state index in [-0.39, 0.29) is 0 Å². The van der Waals surface area contributed by atoms with E-state index < -0.39 is 12.0 Å². The number of nitrogens with two attached hydrogens (primary N) is 2. The Bertz CT molecular complexity index is 1210. The lowest BCUT2D eigenvalue weighted by Crippen LogP contribution is -2.15. The van der Waals surface area contributed by atoms with Crippen LogP contribution in [-0.2, 0) is 0 Å². The number of rotatable bonds is 5. The highest BCUT2D eigenvalue weighted by Crippen LogP contribution is 2.32. The third-order valence-electron chi connectivity index (χ3n) is 4.57. The molecule has 1 amide bonds. The summed E-state index contributed by atoms with van der Waals surface area (Å²) in [6, 6.07) is 14.6. The number of nitrogen functional groups attached to an aromatic ring is 1. The van der Waals surface area contributed by atoms with E-state index in [4.69, 9.17) is 16.2 Å². The largest absolute Gasteiger partial charge is 0.482 e. The summed E-state index contributed by atoms with van der Waals surface area (Å²) in [7, 11) is 0. The Morgan fingerprint density at radius 1 is 1.21 bits per heavy atom. The average Bonchev–Trinajstić information content (AvgIpc) is 3.23. The number of pyridine rings is 1. The number of ether oxygens (including phenoxy) is 1. The van der Waals surface area contributed by atoms with Crippen LogP contribution >= 0.6 is 15.9 Å². The van der Waals surface area contributed by atoms with Crippen LogP contribution in [0.1, 0.15) is 28.9 Å². The first-order chi connectivity index (χ1) is 13.9. The molecule has 1 atom stereocenters. The fourth-order valence-corrected chi connectivity index (χ4v) is 3.52. The number of benzene rings is 2. The number of aromatic nitrogens is 3. The molecule has 4 N–H and O–H groups in total. The van der Waals surface area contributed by atoms with Crippen LogP contribution in [0.3, 0.4) is 0 Å². The molecule has 2 aromatic heterocycles. The van der Waals surface area contributed by atoms with E-state index in [1.807, 2.05) is 43.5 Å². The van der Waals surface area contributed by atoms with Gasteiger partial charge in [0, 0.05) is 33.4 Å². The SMILES string of the molecule is CC(Oc1cc2cc(Br)ccc2nc1N)c1cc(C(N)=O)ccc1-n1cccn1. The van der Waals surface area contributed by atoms with Crippen molar-refractivity contribution < 1.29 is 9.53 Å². The summed E-state index contributed by atoms with van der Waals surface area (Å²) in [5, 5.41) is 5.18. The van der Waals surface area contributed by atoms with Crippen LogP contribution in [0.2, 0.25) is 0 Å². The Morgan fingerprint density at radius 2 is 2.03 bits per heavy atom. The number of hydrogen-bond donors (Lipinski definition) is 2.